The van der Waals surface area contributed by atoms with Crippen LogP contribution in [0.5, 0.6) is 0 Å². The summed E-state index contributed by atoms with van der Waals surface area (Å²) in [6, 6.07) is 0. The number of H-pyrrole nitrogens is 1. The van der Waals surface area contributed by atoms with Gasteiger partial charge in [-0.2, -0.15) is 0 Å². The maximum atomic E-state index is 12.3. The lowest BCUT2D eigenvalue weighted by Crippen LogP contribution is -2.37. The normalized spacial score (nSPS) is 13.2. The van der Waals surface area contributed by atoms with Crippen LogP contribution in [-0.4, -0.2) is 39.7 Å². The Morgan fingerprint density at radius 3 is 2.78 bits per heavy atom. The SMILES string of the molecule is C=CCNC(=O)[C@H](C)OC(=O)[C@H](C)SCc1nc2sc(C)c(C)c2c(=O)[nH]1. The number of thiophene rings is 1. The molecule has 0 bridgehead atoms. The molecule has 2 heterocycles. The quantitative estimate of drug-likeness (QED) is 0.513. The molecule has 1 amide bonds. The van der Waals surface area contributed by atoms with Gasteiger partial charge in [0.25, 0.3) is 11.5 Å². The molecule has 0 fully saturated rings. The Bertz CT molecular complexity index is 919. The number of esters is 1. The largest absolute Gasteiger partial charge is 0.452 e. The van der Waals surface area contributed by atoms with E-state index in [9.17, 15) is 14.4 Å². The maximum Gasteiger partial charge on any atom is 0.319 e. The molecule has 27 heavy (non-hydrogen) atoms. The van der Waals surface area contributed by atoms with E-state index >= 15 is 0 Å². The van der Waals surface area contributed by atoms with Gasteiger partial charge >= 0.3 is 5.97 Å². The minimum Gasteiger partial charge on any atom is -0.452 e. The number of hydrogen-bond acceptors (Lipinski definition) is 7. The molecule has 0 aliphatic heterocycles. The Morgan fingerprint density at radius 1 is 1.41 bits per heavy atom. The lowest BCUT2D eigenvalue weighted by Gasteiger charge is -2.16. The zero-order valence-corrected chi connectivity index (χ0v) is 17.4. The maximum absolute atomic E-state index is 12.3. The number of hydrogen-bond donors (Lipinski definition) is 2. The second kappa shape index (κ2) is 9.18. The van der Waals surface area contributed by atoms with Crippen molar-refractivity contribution < 1.29 is 14.3 Å². The second-order valence-electron chi connectivity index (χ2n) is 6.04. The Morgan fingerprint density at radius 2 is 2.11 bits per heavy atom. The van der Waals surface area contributed by atoms with Crippen molar-refractivity contribution in [2.24, 2.45) is 0 Å². The Balaban J connectivity index is 1.96. The van der Waals surface area contributed by atoms with Crippen LogP contribution in [-0.2, 0) is 20.1 Å². The highest BCUT2D eigenvalue weighted by Gasteiger charge is 2.22. The molecular formula is C18H23N3O4S2. The third-order valence-electron chi connectivity index (χ3n) is 3.97. The van der Waals surface area contributed by atoms with Gasteiger partial charge in [-0.05, 0) is 33.3 Å². The van der Waals surface area contributed by atoms with Crippen LogP contribution in [0.15, 0.2) is 17.4 Å². The van der Waals surface area contributed by atoms with E-state index in [1.54, 1.807) is 13.0 Å². The van der Waals surface area contributed by atoms with Crippen molar-refractivity contribution in [3.8, 4) is 0 Å². The molecule has 0 spiro atoms. The molecule has 0 saturated carbocycles. The summed E-state index contributed by atoms with van der Waals surface area (Å²) in [6.07, 6.45) is 0.665. The van der Waals surface area contributed by atoms with Gasteiger partial charge in [0.15, 0.2) is 6.10 Å². The van der Waals surface area contributed by atoms with E-state index in [4.69, 9.17) is 4.74 Å². The minimum absolute atomic E-state index is 0.166. The molecule has 2 aromatic heterocycles. The summed E-state index contributed by atoms with van der Waals surface area (Å²) in [6.45, 7) is 10.9. The Hall–Kier alpha value is -2.13. The van der Waals surface area contributed by atoms with Gasteiger partial charge in [0.2, 0.25) is 0 Å². The number of nitrogens with zero attached hydrogens (tertiary/aromatic N) is 1. The first-order valence-electron chi connectivity index (χ1n) is 8.44. The van der Waals surface area contributed by atoms with Crippen molar-refractivity contribution in [1.29, 1.82) is 0 Å². The summed E-state index contributed by atoms with van der Waals surface area (Å²) in [7, 11) is 0. The summed E-state index contributed by atoms with van der Waals surface area (Å²) in [5, 5.41) is 2.69. The van der Waals surface area contributed by atoms with Crippen molar-refractivity contribution in [1.82, 2.24) is 15.3 Å². The van der Waals surface area contributed by atoms with Gasteiger partial charge in [0.1, 0.15) is 15.9 Å². The monoisotopic (exact) mass is 409 g/mol. The van der Waals surface area contributed by atoms with Crippen LogP contribution in [0.3, 0.4) is 0 Å². The van der Waals surface area contributed by atoms with Gasteiger partial charge in [0.05, 0.1) is 11.1 Å². The van der Waals surface area contributed by atoms with Crippen LogP contribution >= 0.6 is 23.1 Å². The standard InChI is InChI=1S/C18H23N3O4S2/c1-6-7-19-15(22)10(3)25-18(24)12(5)26-8-13-20-16(23)14-9(2)11(4)27-17(14)21-13/h6,10,12H,1,7-8H2,2-5H3,(H,19,22)(H,20,21,23)/t10-,12-/m0/s1. The first-order chi connectivity index (χ1) is 12.7. The Kier molecular flexibility index (Phi) is 7.20. The zero-order chi connectivity index (χ0) is 20.1. The molecule has 0 aliphatic carbocycles. The molecular weight excluding hydrogens is 386 g/mol. The van der Waals surface area contributed by atoms with Crippen LogP contribution in [0.2, 0.25) is 0 Å². The number of carbonyl (C=O) groups excluding carboxylic acids is 2. The van der Waals surface area contributed by atoms with E-state index in [2.05, 4.69) is 21.9 Å². The first kappa shape index (κ1) is 21.2. The molecule has 0 saturated heterocycles. The molecule has 7 nitrogen and oxygen atoms in total. The van der Waals surface area contributed by atoms with Crippen LogP contribution < -0.4 is 10.9 Å². The summed E-state index contributed by atoms with van der Waals surface area (Å²) in [5.74, 6) is -0.00270. The molecule has 146 valence electrons. The average Bonchev–Trinajstić information content (AvgIpc) is 2.91. The highest BCUT2D eigenvalue weighted by Crippen LogP contribution is 2.26. The molecule has 2 rings (SSSR count). The van der Waals surface area contributed by atoms with Crippen molar-refractivity contribution in [3.05, 3.63) is 39.3 Å². The number of rotatable bonds is 8. The van der Waals surface area contributed by atoms with Gasteiger partial charge in [-0.3, -0.25) is 14.4 Å². The molecule has 9 heteroatoms. The van der Waals surface area contributed by atoms with E-state index < -0.39 is 17.3 Å². The van der Waals surface area contributed by atoms with Crippen molar-refractivity contribution in [2.75, 3.05) is 6.54 Å². The van der Waals surface area contributed by atoms with E-state index in [1.807, 2.05) is 13.8 Å². The number of nitrogens with one attached hydrogen (secondary N) is 2. The molecule has 2 aromatic rings. The summed E-state index contributed by atoms with van der Waals surface area (Å²) in [5.41, 5.74) is 0.781. The fourth-order valence-corrected chi connectivity index (χ4v) is 4.06. The summed E-state index contributed by atoms with van der Waals surface area (Å²) in [4.78, 5) is 45.2. The number of aryl methyl sites for hydroxylation is 2. The fourth-order valence-electron chi connectivity index (χ4n) is 2.28. The molecule has 0 aliphatic rings. The lowest BCUT2D eigenvalue weighted by atomic mass is 10.2. The topological polar surface area (TPSA) is 101 Å². The highest BCUT2D eigenvalue weighted by atomic mass is 32.2. The lowest BCUT2D eigenvalue weighted by molar-refractivity contribution is -0.153. The second-order valence-corrected chi connectivity index (χ2v) is 8.57. The number of thioether (sulfide) groups is 1. The van der Waals surface area contributed by atoms with Crippen molar-refractivity contribution in [3.63, 3.8) is 0 Å². The van der Waals surface area contributed by atoms with E-state index in [0.717, 1.165) is 10.4 Å². The van der Waals surface area contributed by atoms with Gasteiger partial charge in [-0.1, -0.05) is 6.08 Å². The van der Waals surface area contributed by atoms with Gasteiger partial charge < -0.3 is 15.0 Å². The third-order valence-corrected chi connectivity index (χ3v) is 6.21. The fraction of sp³-hybridized carbons (Fsp3) is 0.444. The van der Waals surface area contributed by atoms with Crippen molar-refractivity contribution >= 4 is 45.2 Å². The summed E-state index contributed by atoms with van der Waals surface area (Å²) < 4.78 is 5.18. The number of aromatic amines is 1. The van der Waals surface area contributed by atoms with Crippen LogP contribution in [0, 0.1) is 13.8 Å². The first-order valence-corrected chi connectivity index (χ1v) is 10.3. The number of amides is 1. The van der Waals surface area contributed by atoms with Crippen molar-refractivity contribution in [2.45, 2.75) is 44.8 Å². The molecule has 0 radical (unpaired) electrons. The van der Waals surface area contributed by atoms with Crippen LogP contribution in [0.4, 0.5) is 0 Å². The number of fused-ring (bicyclic) bond motifs is 1. The van der Waals surface area contributed by atoms with E-state index in [1.165, 1.54) is 30.0 Å². The molecule has 2 N–H and O–H groups in total. The number of aromatic nitrogens is 2. The van der Waals surface area contributed by atoms with Gasteiger partial charge in [0, 0.05) is 11.4 Å². The average molecular weight is 410 g/mol. The smallest absolute Gasteiger partial charge is 0.319 e. The van der Waals surface area contributed by atoms with Gasteiger partial charge in [-0.25, -0.2) is 4.98 Å². The van der Waals surface area contributed by atoms with E-state index in [0.29, 0.717) is 28.3 Å². The molecule has 2 atom stereocenters. The predicted octanol–water partition coefficient (Wildman–Crippen LogP) is 2.46. The number of carbonyl (C=O) groups is 2. The van der Waals surface area contributed by atoms with E-state index in [-0.39, 0.29) is 11.5 Å². The minimum atomic E-state index is -0.883. The zero-order valence-electron chi connectivity index (χ0n) is 15.8. The van der Waals surface area contributed by atoms with Crippen LogP contribution in [0.1, 0.15) is 30.1 Å². The molecule has 0 unspecified atom stereocenters. The van der Waals surface area contributed by atoms with Crippen LogP contribution in [0.25, 0.3) is 10.2 Å². The Labute approximate surface area is 165 Å². The third kappa shape index (κ3) is 5.20. The summed E-state index contributed by atoms with van der Waals surface area (Å²) >= 11 is 2.77. The predicted molar refractivity (Wildman–Crippen MR) is 109 cm³/mol. The highest BCUT2D eigenvalue weighted by molar-refractivity contribution is 7.99. The molecule has 0 aromatic carbocycles. The van der Waals surface area contributed by atoms with Gasteiger partial charge in [-0.15, -0.1) is 29.7 Å². The number of ether oxygens (including phenoxy) is 1.